The number of piperazine rings is 1. The number of likely N-dealkylation sites (N-methyl/N-ethyl adjacent to an activating group) is 1. The predicted octanol–water partition coefficient (Wildman–Crippen LogP) is 2.20. The summed E-state index contributed by atoms with van der Waals surface area (Å²) in [5, 5.41) is 2.78. The van der Waals surface area contributed by atoms with Crippen molar-refractivity contribution in [1.29, 1.82) is 0 Å². The zero-order valence-corrected chi connectivity index (χ0v) is 18.5. The van der Waals surface area contributed by atoms with Gasteiger partial charge in [0.25, 0.3) is 5.91 Å². The van der Waals surface area contributed by atoms with E-state index in [0.717, 1.165) is 0 Å². The largest absolute Gasteiger partial charge is 0.497 e. The Labute approximate surface area is 177 Å². The fourth-order valence-corrected chi connectivity index (χ4v) is 4.97. The van der Waals surface area contributed by atoms with Gasteiger partial charge in [-0.15, -0.1) is 0 Å². The van der Waals surface area contributed by atoms with Gasteiger partial charge in [-0.05, 0) is 43.8 Å². The van der Waals surface area contributed by atoms with Crippen molar-refractivity contribution in [3.05, 3.63) is 47.5 Å². The van der Waals surface area contributed by atoms with Crippen molar-refractivity contribution in [2.75, 3.05) is 52.8 Å². The summed E-state index contributed by atoms with van der Waals surface area (Å²) >= 11 is 0. The van der Waals surface area contributed by atoms with Gasteiger partial charge in [0.15, 0.2) is 0 Å². The molecule has 9 heteroatoms. The normalized spacial score (nSPS) is 15.6. The number of nitrogens with zero attached hydrogens (tertiary/aromatic N) is 2. The second-order valence-corrected chi connectivity index (χ2v) is 9.11. The molecule has 1 N–H and O–H groups in total. The average molecular weight is 434 g/mol. The molecule has 1 saturated heterocycles. The van der Waals surface area contributed by atoms with Crippen LogP contribution in [0, 0.1) is 6.92 Å². The standard InChI is InChI=1S/C21H27N3O5S/c1-15-5-6-16(13-20(15)30(26,27)24-11-9-23(2)10-12-24)21(25)22-18-14-17(28-3)7-8-19(18)29-4/h5-8,13-14H,9-12H2,1-4H3,(H,22,25). The molecule has 8 nitrogen and oxygen atoms in total. The quantitative estimate of drug-likeness (QED) is 0.752. The molecule has 30 heavy (non-hydrogen) atoms. The van der Waals surface area contributed by atoms with Crippen LogP contribution in [0.25, 0.3) is 0 Å². The van der Waals surface area contributed by atoms with Crippen LogP contribution in [0.15, 0.2) is 41.3 Å². The van der Waals surface area contributed by atoms with Crippen molar-refractivity contribution in [3.63, 3.8) is 0 Å². The first kappa shape index (κ1) is 22.1. The third-order valence-electron chi connectivity index (χ3n) is 5.19. The topological polar surface area (TPSA) is 88.2 Å². The number of aryl methyl sites for hydroxylation is 1. The molecule has 3 rings (SSSR count). The molecule has 0 radical (unpaired) electrons. The summed E-state index contributed by atoms with van der Waals surface area (Å²) in [6.45, 7) is 3.93. The van der Waals surface area contributed by atoms with Gasteiger partial charge in [-0.2, -0.15) is 4.31 Å². The summed E-state index contributed by atoms with van der Waals surface area (Å²) in [4.78, 5) is 15.1. The molecule has 0 bridgehead atoms. The Kier molecular flexibility index (Phi) is 6.64. The maximum absolute atomic E-state index is 13.2. The highest BCUT2D eigenvalue weighted by Crippen LogP contribution is 2.30. The summed E-state index contributed by atoms with van der Waals surface area (Å²) < 4.78 is 38.3. The van der Waals surface area contributed by atoms with E-state index in [2.05, 4.69) is 10.2 Å². The Hall–Kier alpha value is -2.62. The smallest absolute Gasteiger partial charge is 0.255 e. The summed E-state index contributed by atoms with van der Waals surface area (Å²) in [5.74, 6) is 0.603. The van der Waals surface area contributed by atoms with Crippen LogP contribution in [0.1, 0.15) is 15.9 Å². The van der Waals surface area contributed by atoms with E-state index in [0.29, 0.717) is 48.9 Å². The Bertz CT molecular complexity index is 1030. The molecule has 0 aliphatic carbocycles. The van der Waals surface area contributed by atoms with Crippen molar-refractivity contribution >= 4 is 21.6 Å². The Balaban J connectivity index is 1.89. The van der Waals surface area contributed by atoms with Crippen LogP contribution < -0.4 is 14.8 Å². The van der Waals surface area contributed by atoms with Gasteiger partial charge in [-0.25, -0.2) is 8.42 Å². The SMILES string of the molecule is COc1ccc(OC)c(NC(=O)c2ccc(C)c(S(=O)(=O)N3CCN(C)CC3)c2)c1. The molecule has 0 unspecified atom stereocenters. The third kappa shape index (κ3) is 4.58. The molecule has 1 amide bonds. The van der Waals surface area contributed by atoms with E-state index in [4.69, 9.17) is 9.47 Å². The van der Waals surface area contributed by atoms with Crippen molar-refractivity contribution in [2.45, 2.75) is 11.8 Å². The van der Waals surface area contributed by atoms with E-state index in [-0.39, 0.29) is 10.5 Å². The van der Waals surface area contributed by atoms with E-state index in [1.165, 1.54) is 24.6 Å². The van der Waals surface area contributed by atoms with E-state index in [1.54, 1.807) is 37.3 Å². The van der Waals surface area contributed by atoms with Gasteiger partial charge in [0.2, 0.25) is 10.0 Å². The van der Waals surface area contributed by atoms with Crippen LogP contribution in [0.3, 0.4) is 0 Å². The maximum Gasteiger partial charge on any atom is 0.255 e. The number of hydrogen-bond donors (Lipinski definition) is 1. The number of anilines is 1. The molecule has 162 valence electrons. The maximum atomic E-state index is 13.2. The minimum atomic E-state index is -3.69. The van der Waals surface area contributed by atoms with Gasteiger partial charge in [0, 0.05) is 37.8 Å². The number of sulfonamides is 1. The molecule has 0 spiro atoms. The molecule has 0 saturated carbocycles. The lowest BCUT2D eigenvalue weighted by Crippen LogP contribution is -2.47. The van der Waals surface area contributed by atoms with Gasteiger partial charge in [0.05, 0.1) is 24.8 Å². The summed E-state index contributed by atoms with van der Waals surface area (Å²) in [5.41, 5.74) is 1.29. The highest BCUT2D eigenvalue weighted by Gasteiger charge is 2.29. The molecule has 0 atom stereocenters. The van der Waals surface area contributed by atoms with Gasteiger partial charge >= 0.3 is 0 Å². The molecule has 0 aromatic heterocycles. The van der Waals surface area contributed by atoms with E-state index >= 15 is 0 Å². The minimum Gasteiger partial charge on any atom is -0.497 e. The fraction of sp³-hybridized carbons (Fsp3) is 0.381. The first-order chi connectivity index (χ1) is 14.3. The molecule has 2 aromatic rings. The molecule has 2 aromatic carbocycles. The number of hydrogen-bond acceptors (Lipinski definition) is 6. The van der Waals surface area contributed by atoms with Crippen molar-refractivity contribution < 1.29 is 22.7 Å². The first-order valence-corrected chi connectivity index (χ1v) is 11.0. The molecule has 1 aliphatic rings. The predicted molar refractivity (Wildman–Crippen MR) is 115 cm³/mol. The monoisotopic (exact) mass is 433 g/mol. The summed E-state index contributed by atoms with van der Waals surface area (Å²) in [7, 11) is 1.31. The van der Waals surface area contributed by atoms with Crippen LogP contribution in [0.5, 0.6) is 11.5 Å². The third-order valence-corrected chi connectivity index (χ3v) is 7.23. The van der Waals surface area contributed by atoms with Crippen LogP contribution in [0.2, 0.25) is 0 Å². The second-order valence-electron chi connectivity index (χ2n) is 7.21. The van der Waals surface area contributed by atoms with Gasteiger partial charge in [-0.3, -0.25) is 4.79 Å². The van der Waals surface area contributed by atoms with Crippen LogP contribution in [0.4, 0.5) is 5.69 Å². The van der Waals surface area contributed by atoms with Crippen LogP contribution >= 0.6 is 0 Å². The highest BCUT2D eigenvalue weighted by atomic mass is 32.2. The Morgan fingerprint density at radius 1 is 1.00 bits per heavy atom. The zero-order valence-electron chi connectivity index (χ0n) is 17.6. The number of carbonyl (C=O) groups is 1. The number of carbonyl (C=O) groups excluding carboxylic acids is 1. The highest BCUT2D eigenvalue weighted by molar-refractivity contribution is 7.89. The number of nitrogens with one attached hydrogen (secondary N) is 1. The zero-order chi connectivity index (χ0) is 21.9. The first-order valence-electron chi connectivity index (χ1n) is 9.59. The number of methoxy groups -OCH3 is 2. The van der Waals surface area contributed by atoms with Crippen molar-refractivity contribution in [3.8, 4) is 11.5 Å². The second kappa shape index (κ2) is 9.03. The van der Waals surface area contributed by atoms with Crippen molar-refractivity contribution in [1.82, 2.24) is 9.21 Å². The Morgan fingerprint density at radius 2 is 1.70 bits per heavy atom. The lowest BCUT2D eigenvalue weighted by Gasteiger charge is -2.32. The van der Waals surface area contributed by atoms with Crippen LogP contribution in [-0.4, -0.2) is 71.0 Å². The van der Waals surface area contributed by atoms with Crippen molar-refractivity contribution in [2.24, 2.45) is 0 Å². The average Bonchev–Trinajstić information content (AvgIpc) is 2.74. The number of amides is 1. The molecule has 1 heterocycles. The molecular formula is C21H27N3O5S. The number of ether oxygens (including phenoxy) is 2. The minimum absolute atomic E-state index is 0.150. The fourth-order valence-electron chi connectivity index (χ4n) is 3.29. The van der Waals surface area contributed by atoms with Crippen LogP contribution in [-0.2, 0) is 10.0 Å². The van der Waals surface area contributed by atoms with E-state index in [9.17, 15) is 13.2 Å². The molecular weight excluding hydrogens is 406 g/mol. The Morgan fingerprint density at radius 3 is 2.33 bits per heavy atom. The number of benzene rings is 2. The molecule has 1 fully saturated rings. The summed E-state index contributed by atoms with van der Waals surface area (Å²) in [6, 6.07) is 9.76. The number of rotatable bonds is 6. The van der Waals surface area contributed by atoms with E-state index < -0.39 is 15.9 Å². The van der Waals surface area contributed by atoms with Gasteiger partial charge in [0.1, 0.15) is 11.5 Å². The lowest BCUT2D eigenvalue weighted by molar-refractivity contribution is 0.102. The van der Waals surface area contributed by atoms with Gasteiger partial charge < -0.3 is 19.7 Å². The van der Waals surface area contributed by atoms with E-state index in [1.807, 2.05) is 7.05 Å². The lowest BCUT2D eigenvalue weighted by atomic mass is 10.1. The van der Waals surface area contributed by atoms with Gasteiger partial charge in [-0.1, -0.05) is 6.07 Å². The summed E-state index contributed by atoms with van der Waals surface area (Å²) in [6.07, 6.45) is 0. The molecule has 1 aliphatic heterocycles.